The number of hydrogen-bond donors (Lipinski definition) is 2. The molecule has 7 heteroatoms. The molecule has 0 radical (unpaired) electrons. The fraction of sp³-hybridized carbons (Fsp3) is 0.722. The minimum atomic E-state index is -0.438. The predicted octanol–water partition coefficient (Wildman–Crippen LogP) is 1.79. The van der Waals surface area contributed by atoms with Crippen molar-refractivity contribution in [2.75, 3.05) is 11.4 Å². The second-order valence-electron chi connectivity index (χ2n) is 7.73. The van der Waals surface area contributed by atoms with Crippen LogP contribution in [0.2, 0.25) is 0 Å². The average molecular weight is 345 g/mol. The van der Waals surface area contributed by atoms with E-state index in [0.29, 0.717) is 24.9 Å². The van der Waals surface area contributed by atoms with Crippen LogP contribution in [0, 0.1) is 11.8 Å². The summed E-state index contributed by atoms with van der Waals surface area (Å²) in [6.45, 7) is 0.615. The van der Waals surface area contributed by atoms with E-state index in [1.807, 2.05) is 13.2 Å². The Bertz CT molecular complexity index is 652. The lowest BCUT2D eigenvalue weighted by Gasteiger charge is -2.21. The van der Waals surface area contributed by atoms with E-state index in [0.717, 1.165) is 18.0 Å². The Balaban J connectivity index is 1.25. The predicted molar refractivity (Wildman–Crippen MR) is 94.1 cm³/mol. The van der Waals surface area contributed by atoms with Crippen molar-refractivity contribution in [3.05, 3.63) is 12.4 Å². The van der Waals surface area contributed by atoms with Gasteiger partial charge in [0.1, 0.15) is 6.04 Å². The SMILES string of the molecule is Cn1cc(N2CCC(NC(=O)NC3CC3C3CCCCC3)C2=O)cn1. The number of amides is 3. The highest BCUT2D eigenvalue weighted by Gasteiger charge is 2.44. The monoisotopic (exact) mass is 345 g/mol. The fourth-order valence-corrected chi connectivity index (χ4v) is 4.45. The Morgan fingerprint density at radius 3 is 2.72 bits per heavy atom. The number of rotatable bonds is 4. The number of nitrogens with zero attached hydrogens (tertiary/aromatic N) is 3. The lowest BCUT2D eigenvalue weighted by Crippen LogP contribution is -2.47. The number of aromatic nitrogens is 2. The van der Waals surface area contributed by atoms with Gasteiger partial charge in [-0.05, 0) is 24.7 Å². The first-order chi connectivity index (χ1) is 12.1. The quantitative estimate of drug-likeness (QED) is 0.873. The third-order valence-corrected chi connectivity index (χ3v) is 5.93. The Hall–Kier alpha value is -2.05. The Labute approximate surface area is 148 Å². The molecule has 7 nitrogen and oxygen atoms in total. The van der Waals surface area contributed by atoms with E-state index in [2.05, 4.69) is 15.7 Å². The summed E-state index contributed by atoms with van der Waals surface area (Å²) in [5.41, 5.74) is 0.789. The van der Waals surface area contributed by atoms with Crippen LogP contribution in [0.5, 0.6) is 0 Å². The van der Waals surface area contributed by atoms with Crippen LogP contribution in [-0.2, 0) is 11.8 Å². The third kappa shape index (κ3) is 3.50. The topological polar surface area (TPSA) is 79.3 Å². The van der Waals surface area contributed by atoms with Gasteiger partial charge in [0.15, 0.2) is 0 Å². The summed E-state index contributed by atoms with van der Waals surface area (Å²) < 4.78 is 1.68. The molecule has 2 aliphatic carbocycles. The van der Waals surface area contributed by atoms with Gasteiger partial charge < -0.3 is 15.5 Å². The van der Waals surface area contributed by atoms with Gasteiger partial charge in [0.05, 0.1) is 11.9 Å². The zero-order chi connectivity index (χ0) is 17.4. The summed E-state index contributed by atoms with van der Waals surface area (Å²) in [4.78, 5) is 26.5. The molecule has 0 bridgehead atoms. The molecule has 0 spiro atoms. The van der Waals surface area contributed by atoms with E-state index in [-0.39, 0.29) is 11.9 Å². The van der Waals surface area contributed by atoms with Crippen molar-refractivity contribution < 1.29 is 9.59 Å². The van der Waals surface area contributed by atoms with E-state index in [1.54, 1.807) is 15.8 Å². The van der Waals surface area contributed by atoms with Crippen molar-refractivity contribution in [3.63, 3.8) is 0 Å². The van der Waals surface area contributed by atoms with Crippen LogP contribution in [0.25, 0.3) is 0 Å². The van der Waals surface area contributed by atoms with Gasteiger partial charge in [0.25, 0.3) is 0 Å². The van der Waals surface area contributed by atoms with E-state index >= 15 is 0 Å². The molecule has 1 aliphatic heterocycles. The molecular weight excluding hydrogens is 318 g/mol. The molecule has 3 atom stereocenters. The van der Waals surface area contributed by atoms with Gasteiger partial charge in [-0.1, -0.05) is 32.1 Å². The van der Waals surface area contributed by atoms with Gasteiger partial charge in [-0.25, -0.2) is 4.79 Å². The second-order valence-corrected chi connectivity index (χ2v) is 7.73. The van der Waals surface area contributed by atoms with Gasteiger partial charge in [-0.3, -0.25) is 9.48 Å². The molecule has 0 aromatic carbocycles. The van der Waals surface area contributed by atoms with Crippen LogP contribution in [-0.4, -0.2) is 40.3 Å². The van der Waals surface area contributed by atoms with Crippen LogP contribution >= 0.6 is 0 Å². The molecule has 3 unspecified atom stereocenters. The first-order valence-corrected chi connectivity index (χ1v) is 9.49. The molecular formula is C18H27N5O2. The van der Waals surface area contributed by atoms with Gasteiger partial charge in [-0.15, -0.1) is 0 Å². The summed E-state index contributed by atoms with van der Waals surface area (Å²) in [7, 11) is 1.82. The van der Waals surface area contributed by atoms with Gasteiger partial charge in [-0.2, -0.15) is 5.10 Å². The minimum absolute atomic E-state index is 0.0530. The average Bonchev–Trinajstić information content (AvgIpc) is 3.09. The first-order valence-electron chi connectivity index (χ1n) is 9.49. The summed E-state index contributed by atoms with van der Waals surface area (Å²) >= 11 is 0. The smallest absolute Gasteiger partial charge is 0.315 e. The van der Waals surface area contributed by atoms with Crippen molar-refractivity contribution in [3.8, 4) is 0 Å². The number of urea groups is 1. The molecule has 2 heterocycles. The Morgan fingerprint density at radius 2 is 2.00 bits per heavy atom. The summed E-state index contributed by atoms with van der Waals surface area (Å²) in [6.07, 6.45) is 11.9. The molecule has 4 rings (SSSR count). The Kier molecular flexibility index (Phi) is 4.39. The number of carbonyl (C=O) groups is 2. The maximum absolute atomic E-state index is 12.5. The van der Waals surface area contributed by atoms with Crippen molar-refractivity contribution in [1.29, 1.82) is 0 Å². The molecule has 3 fully saturated rings. The van der Waals surface area contributed by atoms with Gasteiger partial charge in [0.2, 0.25) is 5.91 Å². The summed E-state index contributed by atoms with van der Waals surface area (Å²) in [5, 5.41) is 10.0. The van der Waals surface area contributed by atoms with Gasteiger partial charge >= 0.3 is 6.03 Å². The first kappa shape index (κ1) is 16.4. The van der Waals surface area contributed by atoms with Crippen LogP contribution in [0.1, 0.15) is 44.9 Å². The highest BCUT2D eigenvalue weighted by molar-refractivity contribution is 6.01. The molecule has 136 valence electrons. The van der Waals surface area contributed by atoms with E-state index in [1.165, 1.54) is 32.1 Å². The number of anilines is 1. The third-order valence-electron chi connectivity index (χ3n) is 5.93. The molecule has 2 N–H and O–H groups in total. The molecule has 2 saturated carbocycles. The lowest BCUT2D eigenvalue weighted by atomic mass is 9.85. The number of aryl methyl sites for hydroxylation is 1. The molecule has 1 aromatic heterocycles. The van der Waals surface area contributed by atoms with Crippen molar-refractivity contribution >= 4 is 17.6 Å². The second kappa shape index (κ2) is 6.69. The van der Waals surface area contributed by atoms with Crippen LogP contribution in [0.15, 0.2) is 12.4 Å². The zero-order valence-corrected chi connectivity index (χ0v) is 14.8. The highest BCUT2D eigenvalue weighted by Crippen LogP contribution is 2.44. The molecule has 3 amide bonds. The highest BCUT2D eigenvalue weighted by atomic mass is 16.2. The molecule has 1 aromatic rings. The largest absolute Gasteiger partial charge is 0.335 e. The van der Waals surface area contributed by atoms with Crippen molar-refractivity contribution in [2.24, 2.45) is 18.9 Å². The maximum atomic E-state index is 12.5. The van der Waals surface area contributed by atoms with E-state index in [4.69, 9.17) is 0 Å². The number of hydrogen-bond acceptors (Lipinski definition) is 3. The minimum Gasteiger partial charge on any atom is -0.335 e. The van der Waals surface area contributed by atoms with Gasteiger partial charge in [0, 0.05) is 25.8 Å². The fourth-order valence-electron chi connectivity index (χ4n) is 4.45. The van der Waals surface area contributed by atoms with Crippen molar-refractivity contribution in [1.82, 2.24) is 20.4 Å². The number of nitrogens with one attached hydrogen (secondary N) is 2. The summed E-state index contributed by atoms with van der Waals surface area (Å²) in [6, 6.07) is -0.337. The zero-order valence-electron chi connectivity index (χ0n) is 14.8. The van der Waals surface area contributed by atoms with Crippen LogP contribution in [0.4, 0.5) is 10.5 Å². The maximum Gasteiger partial charge on any atom is 0.315 e. The summed E-state index contributed by atoms with van der Waals surface area (Å²) in [5.74, 6) is 1.38. The normalized spacial score (nSPS) is 29.7. The van der Waals surface area contributed by atoms with E-state index in [9.17, 15) is 9.59 Å². The lowest BCUT2D eigenvalue weighted by molar-refractivity contribution is -0.118. The molecule has 1 saturated heterocycles. The Morgan fingerprint density at radius 1 is 1.20 bits per heavy atom. The number of carbonyl (C=O) groups excluding carboxylic acids is 2. The van der Waals surface area contributed by atoms with Crippen molar-refractivity contribution in [2.45, 2.75) is 57.0 Å². The van der Waals surface area contributed by atoms with E-state index < -0.39 is 6.04 Å². The van der Waals surface area contributed by atoms with Crippen LogP contribution in [0.3, 0.4) is 0 Å². The van der Waals surface area contributed by atoms with Crippen LogP contribution < -0.4 is 15.5 Å². The molecule has 3 aliphatic rings. The standard InChI is InChI=1S/C18H27N5O2/c1-22-11-13(10-19-22)23-8-7-15(17(23)24)20-18(25)21-16-9-14(16)12-5-3-2-4-6-12/h10-12,14-16H,2-9H2,1H3,(H2,20,21,25). The molecule has 25 heavy (non-hydrogen) atoms.